The van der Waals surface area contributed by atoms with Crippen LogP contribution in [-0.4, -0.2) is 37.4 Å². The normalized spacial score (nSPS) is 17.4. The Bertz CT molecular complexity index is 1040. The van der Waals surface area contributed by atoms with E-state index in [4.69, 9.17) is 11.6 Å². The number of nitrogens with zero attached hydrogens (tertiary/aromatic N) is 2. The summed E-state index contributed by atoms with van der Waals surface area (Å²) in [6.45, 7) is 3.99. The molecule has 0 atom stereocenters. The number of quaternary nitrogens is 1. The van der Waals surface area contributed by atoms with Gasteiger partial charge in [0.25, 0.3) is 0 Å². The first kappa shape index (κ1) is 19.1. The Morgan fingerprint density at radius 1 is 0.833 bits per heavy atom. The second-order valence-electron chi connectivity index (χ2n) is 7.90. The highest BCUT2D eigenvalue weighted by atomic mass is 35.5. The quantitative estimate of drug-likeness (QED) is 0.633. The summed E-state index contributed by atoms with van der Waals surface area (Å²) in [4.78, 5) is 1.62. The Hall–Kier alpha value is -2.88. The van der Waals surface area contributed by atoms with Gasteiger partial charge in [-0.2, -0.15) is 5.10 Å². The summed E-state index contributed by atoms with van der Waals surface area (Å²) in [6.07, 6.45) is 3.71. The van der Waals surface area contributed by atoms with Gasteiger partial charge < -0.3 is 4.90 Å². The van der Waals surface area contributed by atoms with E-state index in [1.165, 1.54) is 22.3 Å². The molecule has 0 radical (unpaired) electrons. The van der Waals surface area contributed by atoms with Gasteiger partial charge in [0, 0.05) is 11.1 Å². The lowest BCUT2D eigenvalue weighted by Gasteiger charge is -2.34. The van der Waals surface area contributed by atoms with Crippen molar-refractivity contribution < 1.29 is 4.90 Å². The predicted molar refractivity (Wildman–Crippen MR) is 125 cm³/mol. The fourth-order valence-corrected chi connectivity index (χ4v) is 4.83. The number of benzene rings is 3. The summed E-state index contributed by atoms with van der Waals surface area (Å²) in [6, 6.07) is 28.2. The highest BCUT2D eigenvalue weighted by molar-refractivity contribution is 6.41. The molecule has 5 rings (SSSR count). The monoisotopic (exact) mass is 414 g/mol. The lowest BCUT2D eigenvalue weighted by atomic mass is 10.0. The maximum absolute atomic E-state index is 6.36. The summed E-state index contributed by atoms with van der Waals surface area (Å²) >= 11 is 6.36. The van der Waals surface area contributed by atoms with Crippen LogP contribution in [0.15, 0.2) is 89.0 Å². The van der Waals surface area contributed by atoms with E-state index in [1.54, 1.807) is 11.1 Å². The SMILES string of the molecule is ClC(=C\c1ccccc1)/C=N/N1CC[NH+](C2c3ccccc3-c3ccccc32)CC1. The molecule has 1 N–H and O–H groups in total. The molecule has 0 spiro atoms. The van der Waals surface area contributed by atoms with Crippen LogP contribution in [0, 0.1) is 0 Å². The van der Waals surface area contributed by atoms with E-state index in [-0.39, 0.29) is 0 Å². The molecule has 1 aliphatic heterocycles. The van der Waals surface area contributed by atoms with Crippen LogP contribution < -0.4 is 4.90 Å². The van der Waals surface area contributed by atoms with Crippen LogP contribution in [0.25, 0.3) is 17.2 Å². The summed E-state index contributed by atoms with van der Waals surface area (Å²) in [5.74, 6) is 0. The van der Waals surface area contributed by atoms with Crippen LogP contribution in [0.1, 0.15) is 22.7 Å². The average molecular weight is 415 g/mol. The molecule has 0 amide bonds. The molecule has 1 saturated heterocycles. The summed E-state index contributed by atoms with van der Waals surface area (Å²) in [5, 5.41) is 7.41. The summed E-state index contributed by atoms with van der Waals surface area (Å²) < 4.78 is 0. The number of hydrogen-bond donors (Lipinski definition) is 1. The van der Waals surface area contributed by atoms with E-state index in [9.17, 15) is 0 Å². The van der Waals surface area contributed by atoms with E-state index in [0.717, 1.165) is 31.7 Å². The number of rotatable bonds is 4. The minimum atomic E-state index is 0.421. The number of piperazine rings is 1. The predicted octanol–water partition coefficient (Wildman–Crippen LogP) is 4.22. The molecule has 3 aromatic carbocycles. The lowest BCUT2D eigenvalue weighted by molar-refractivity contribution is -0.929. The van der Waals surface area contributed by atoms with Crippen LogP contribution in [0.3, 0.4) is 0 Å². The molecule has 1 heterocycles. The molecular weight excluding hydrogens is 390 g/mol. The topological polar surface area (TPSA) is 20.0 Å². The zero-order valence-corrected chi connectivity index (χ0v) is 17.6. The maximum Gasteiger partial charge on any atom is 0.140 e. The number of halogens is 1. The van der Waals surface area contributed by atoms with E-state index >= 15 is 0 Å². The first-order valence-electron chi connectivity index (χ1n) is 10.5. The smallest absolute Gasteiger partial charge is 0.140 e. The maximum atomic E-state index is 6.36. The molecule has 1 fully saturated rings. The molecule has 0 unspecified atom stereocenters. The molecule has 4 heteroatoms. The molecule has 150 valence electrons. The second-order valence-corrected chi connectivity index (χ2v) is 8.34. The highest BCUT2D eigenvalue weighted by Crippen LogP contribution is 2.41. The van der Waals surface area contributed by atoms with Gasteiger partial charge in [-0.15, -0.1) is 0 Å². The number of hydrazone groups is 1. The van der Waals surface area contributed by atoms with Crippen LogP contribution in [0.2, 0.25) is 0 Å². The Kier molecular flexibility index (Phi) is 5.39. The zero-order chi connectivity index (χ0) is 20.3. The van der Waals surface area contributed by atoms with Crippen molar-refractivity contribution in [2.75, 3.05) is 26.2 Å². The molecule has 0 bridgehead atoms. The Labute approximate surface area is 182 Å². The largest absolute Gasteiger partial charge is 0.322 e. The van der Waals surface area contributed by atoms with Crippen LogP contribution in [-0.2, 0) is 0 Å². The zero-order valence-electron chi connectivity index (χ0n) is 16.8. The molecule has 0 saturated carbocycles. The fraction of sp³-hybridized carbons (Fsp3) is 0.192. The van der Waals surface area contributed by atoms with Crippen molar-refractivity contribution in [2.24, 2.45) is 5.10 Å². The van der Waals surface area contributed by atoms with Crippen molar-refractivity contribution in [3.8, 4) is 11.1 Å². The number of nitrogens with one attached hydrogen (secondary N) is 1. The van der Waals surface area contributed by atoms with E-state index in [0.29, 0.717) is 11.1 Å². The fourth-order valence-electron chi connectivity index (χ4n) is 4.66. The van der Waals surface area contributed by atoms with Crippen LogP contribution in [0.5, 0.6) is 0 Å². The standard InChI is InChI=1S/C26H24ClN3/c27-21(18-20-8-2-1-3-9-20)19-28-30-16-14-29(15-17-30)26-24-12-6-4-10-22(24)23-11-5-7-13-25(23)26/h1-13,18-19,26H,14-17H2/p+1/b21-18-,28-19+. The highest BCUT2D eigenvalue weighted by Gasteiger charge is 2.37. The minimum Gasteiger partial charge on any atom is -0.322 e. The molecule has 2 aliphatic rings. The van der Waals surface area contributed by atoms with Gasteiger partial charge >= 0.3 is 0 Å². The van der Waals surface area contributed by atoms with E-state index in [2.05, 4.69) is 58.6 Å². The average Bonchev–Trinajstić information content (AvgIpc) is 3.13. The third-order valence-electron chi connectivity index (χ3n) is 6.07. The van der Waals surface area contributed by atoms with Crippen molar-refractivity contribution in [1.82, 2.24) is 5.01 Å². The van der Waals surface area contributed by atoms with Crippen molar-refractivity contribution in [1.29, 1.82) is 0 Å². The second kappa shape index (κ2) is 8.47. The van der Waals surface area contributed by atoms with E-state index in [1.807, 2.05) is 36.4 Å². The number of hydrogen-bond acceptors (Lipinski definition) is 2. The number of fused-ring (bicyclic) bond motifs is 3. The van der Waals surface area contributed by atoms with Crippen molar-refractivity contribution in [3.05, 3.63) is 101 Å². The minimum absolute atomic E-state index is 0.421. The molecule has 30 heavy (non-hydrogen) atoms. The van der Waals surface area contributed by atoms with Crippen LogP contribution in [0.4, 0.5) is 0 Å². The first-order chi connectivity index (χ1) is 14.8. The first-order valence-corrected chi connectivity index (χ1v) is 10.9. The third kappa shape index (κ3) is 3.79. The Morgan fingerprint density at radius 3 is 2.03 bits per heavy atom. The molecule has 1 aliphatic carbocycles. The third-order valence-corrected chi connectivity index (χ3v) is 6.28. The molecular formula is C26H25ClN3+. The van der Waals surface area contributed by atoms with Crippen molar-refractivity contribution >= 4 is 23.9 Å². The van der Waals surface area contributed by atoms with Gasteiger partial charge in [-0.1, -0.05) is 90.5 Å². The van der Waals surface area contributed by atoms with E-state index < -0.39 is 0 Å². The van der Waals surface area contributed by atoms with Crippen molar-refractivity contribution in [2.45, 2.75) is 6.04 Å². The van der Waals surface area contributed by atoms with Crippen LogP contribution >= 0.6 is 11.6 Å². The Morgan fingerprint density at radius 2 is 1.40 bits per heavy atom. The summed E-state index contributed by atoms with van der Waals surface area (Å²) in [7, 11) is 0. The van der Waals surface area contributed by atoms with Gasteiger partial charge in [0.1, 0.15) is 6.04 Å². The number of allylic oxidation sites excluding steroid dienone is 1. The van der Waals surface area contributed by atoms with Gasteiger partial charge in [-0.05, 0) is 22.8 Å². The Balaban J connectivity index is 1.27. The van der Waals surface area contributed by atoms with Gasteiger partial charge in [0.15, 0.2) is 0 Å². The molecule has 0 aromatic heterocycles. The van der Waals surface area contributed by atoms with Gasteiger partial charge in [0.05, 0.1) is 37.4 Å². The van der Waals surface area contributed by atoms with Crippen molar-refractivity contribution in [3.63, 3.8) is 0 Å². The van der Waals surface area contributed by atoms with Gasteiger partial charge in [0.2, 0.25) is 0 Å². The molecule has 3 aromatic rings. The lowest BCUT2D eigenvalue weighted by Crippen LogP contribution is -3.14. The van der Waals surface area contributed by atoms with Gasteiger partial charge in [-0.25, -0.2) is 0 Å². The van der Waals surface area contributed by atoms with Gasteiger partial charge in [-0.3, -0.25) is 5.01 Å². The molecule has 3 nitrogen and oxygen atoms in total. The summed E-state index contributed by atoms with van der Waals surface area (Å²) in [5.41, 5.74) is 6.79.